The largest absolute Gasteiger partial charge is 0.469 e. The highest BCUT2D eigenvalue weighted by molar-refractivity contribution is 5.92. The molecule has 1 saturated carbocycles. The zero-order valence-electron chi connectivity index (χ0n) is 19.8. The van der Waals surface area contributed by atoms with Gasteiger partial charge in [-0.15, -0.1) is 0 Å². The number of rotatable bonds is 7. The van der Waals surface area contributed by atoms with Crippen LogP contribution in [0.1, 0.15) is 66.9 Å². The molecule has 1 fully saturated rings. The van der Waals surface area contributed by atoms with Gasteiger partial charge < -0.3 is 18.7 Å². The summed E-state index contributed by atoms with van der Waals surface area (Å²) in [4.78, 5) is 17.7. The molecule has 1 atom stereocenters. The molecule has 1 amide bonds. The van der Waals surface area contributed by atoms with Gasteiger partial charge in [0.1, 0.15) is 11.5 Å². The van der Waals surface area contributed by atoms with Gasteiger partial charge in [0.2, 0.25) is 0 Å². The van der Waals surface area contributed by atoms with E-state index in [1.54, 1.807) is 12.3 Å². The first kappa shape index (κ1) is 22.3. The maximum Gasteiger partial charge on any atom is 0.287 e. The van der Waals surface area contributed by atoms with Crippen molar-refractivity contribution in [2.75, 3.05) is 0 Å². The van der Waals surface area contributed by atoms with E-state index < -0.39 is 0 Å². The molecule has 5 rings (SSSR count). The van der Waals surface area contributed by atoms with E-state index in [0.29, 0.717) is 24.0 Å². The quantitative estimate of drug-likeness (QED) is 0.340. The van der Waals surface area contributed by atoms with Crippen molar-refractivity contribution in [2.45, 2.75) is 64.5 Å². The lowest BCUT2D eigenvalue weighted by molar-refractivity contribution is 0.0912. The standard InChI is InChI=1S/C28H31N3O3/c1-19-10-12-21(13-11-19)26-27(31(18-29-26)22-7-4-3-5-8-22)24-14-15-25(34-24)28(32)30-20(2)17-23-9-6-16-33-23/h6,9-16,18,20,22H,3-5,7-8,17H2,1-2H3,(H,30,32). The van der Waals surface area contributed by atoms with E-state index in [0.717, 1.165) is 35.6 Å². The number of nitrogens with zero attached hydrogens (tertiary/aromatic N) is 2. The minimum absolute atomic E-state index is 0.0805. The van der Waals surface area contributed by atoms with E-state index in [9.17, 15) is 4.79 Å². The maximum absolute atomic E-state index is 12.9. The van der Waals surface area contributed by atoms with Crippen molar-refractivity contribution in [1.82, 2.24) is 14.9 Å². The lowest BCUT2D eigenvalue weighted by Crippen LogP contribution is -2.33. The Morgan fingerprint density at radius 3 is 2.65 bits per heavy atom. The summed E-state index contributed by atoms with van der Waals surface area (Å²) in [6, 6.07) is 16.1. The van der Waals surface area contributed by atoms with Gasteiger partial charge in [-0.2, -0.15) is 0 Å². The summed E-state index contributed by atoms with van der Waals surface area (Å²) in [6.45, 7) is 4.04. The van der Waals surface area contributed by atoms with Crippen LogP contribution in [-0.4, -0.2) is 21.5 Å². The molecule has 3 aromatic heterocycles. The number of hydrogen-bond acceptors (Lipinski definition) is 4. The Hall–Kier alpha value is -3.54. The minimum Gasteiger partial charge on any atom is -0.469 e. The van der Waals surface area contributed by atoms with E-state index in [1.807, 2.05) is 31.5 Å². The molecule has 34 heavy (non-hydrogen) atoms. The van der Waals surface area contributed by atoms with Gasteiger partial charge in [0.15, 0.2) is 11.5 Å². The molecule has 3 heterocycles. The Bertz CT molecular complexity index is 1230. The van der Waals surface area contributed by atoms with Gasteiger partial charge in [0.05, 0.1) is 18.3 Å². The number of hydrogen-bond donors (Lipinski definition) is 1. The number of imidazole rings is 1. The van der Waals surface area contributed by atoms with Crippen LogP contribution in [0, 0.1) is 6.92 Å². The van der Waals surface area contributed by atoms with Crippen LogP contribution in [0.4, 0.5) is 0 Å². The van der Waals surface area contributed by atoms with Crippen LogP contribution in [0.25, 0.3) is 22.7 Å². The summed E-state index contributed by atoms with van der Waals surface area (Å²) in [6.07, 6.45) is 10.2. The van der Waals surface area contributed by atoms with E-state index in [2.05, 4.69) is 41.1 Å². The number of carbonyl (C=O) groups excluding carboxylic acids is 1. The van der Waals surface area contributed by atoms with Gasteiger partial charge in [0, 0.05) is 24.1 Å². The normalized spacial score (nSPS) is 15.4. The summed E-state index contributed by atoms with van der Waals surface area (Å²) < 4.78 is 13.8. The molecule has 1 unspecified atom stereocenters. The second-order valence-corrected chi connectivity index (χ2v) is 9.33. The van der Waals surface area contributed by atoms with Crippen molar-refractivity contribution in [1.29, 1.82) is 0 Å². The molecule has 4 aromatic rings. The van der Waals surface area contributed by atoms with Gasteiger partial charge in [-0.25, -0.2) is 4.98 Å². The molecule has 1 aliphatic rings. The predicted molar refractivity (Wildman–Crippen MR) is 132 cm³/mol. The van der Waals surface area contributed by atoms with E-state index in [4.69, 9.17) is 13.8 Å². The number of benzene rings is 1. The average Bonchev–Trinajstić information content (AvgIpc) is 3.60. The third-order valence-electron chi connectivity index (χ3n) is 6.61. The zero-order valence-corrected chi connectivity index (χ0v) is 19.8. The highest BCUT2D eigenvalue weighted by Crippen LogP contribution is 2.38. The highest BCUT2D eigenvalue weighted by Gasteiger charge is 2.25. The molecule has 1 N–H and O–H groups in total. The van der Waals surface area contributed by atoms with Crippen molar-refractivity contribution < 1.29 is 13.6 Å². The third kappa shape index (κ3) is 4.72. The fourth-order valence-electron chi connectivity index (χ4n) is 4.83. The van der Waals surface area contributed by atoms with E-state index in [-0.39, 0.29) is 11.9 Å². The second-order valence-electron chi connectivity index (χ2n) is 9.33. The summed E-state index contributed by atoms with van der Waals surface area (Å²) in [7, 11) is 0. The number of furan rings is 2. The van der Waals surface area contributed by atoms with Crippen molar-refractivity contribution in [2.24, 2.45) is 0 Å². The van der Waals surface area contributed by atoms with Crippen LogP contribution >= 0.6 is 0 Å². The maximum atomic E-state index is 12.9. The van der Waals surface area contributed by atoms with Crippen LogP contribution < -0.4 is 5.32 Å². The van der Waals surface area contributed by atoms with Crippen LogP contribution in [0.5, 0.6) is 0 Å². The number of carbonyl (C=O) groups is 1. The van der Waals surface area contributed by atoms with Crippen LogP contribution in [0.2, 0.25) is 0 Å². The third-order valence-corrected chi connectivity index (χ3v) is 6.61. The Morgan fingerprint density at radius 2 is 1.91 bits per heavy atom. The molecule has 176 valence electrons. The molecule has 0 bridgehead atoms. The van der Waals surface area contributed by atoms with E-state index in [1.165, 1.54) is 24.8 Å². The summed E-state index contributed by atoms with van der Waals surface area (Å²) >= 11 is 0. The van der Waals surface area contributed by atoms with Crippen LogP contribution in [0.15, 0.2) is 70.0 Å². The summed E-state index contributed by atoms with van der Waals surface area (Å²) in [5.41, 5.74) is 4.08. The number of aryl methyl sites for hydroxylation is 1. The zero-order chi connectivity index (χ0) is 23.5. The first-order valence-electron chi connectivity index (χ1n) is 12.2. The Kier molecular flexibility index (Phi) is 6.39. The predicted octanol–water partition coefficient (Wildman–Crippen LogP) is 6.58. The fraction of sp³-hybridized carbons (Fsp3) is 0.357. The van der Waals surface area contributed by atoms with Crippen LogP contribution in [0.3, 0.4) is 0 Å². The molecular weight excluding hydrogens is 426 g/mol. The SMILES string of the molecule is Cc1ccc(-c2ncn(C3CCCCC3)c2-c2ccc(C(=O)NC(C)Cc3ccco3)o2)cc1. The summed E-state index contributed by atoms with van der Waals surface area (Å²) in [5, 5.41) is 3.01. The Balaban J connectivity index is 1.43. The lowest BCUT2D eigenvalue weighted by atomic mass is 9.95. The molecule has 0 radical (unpaired) electrons. The fourth-order valence-corrected chi connectivity index (χ4v) is 4.83. The molecule has 6 heteroatoms. The lowest BCUT2D eigenvalue weighted by Gasteiger charge is -2.24. The first-order chi connectivity index (χ1) is 16.6. The molecule has 1 aliphatic carbocycles. The van der Waals surface area contributed by atoms with Crippen molar-refractivity contribution in [3.05, 3.63) is 78.2 Å². The molecular formula is C28H31N3O3. The number of nitrogens with one attached hydrogen (secondary N) is 1. The monoisotopic (exact) mass is 457 g/mol. The highest BCUT2D eigenvalue weighted by atomic mass is 16.4. The van der Waals surface area contributed by atoms with Gasteiger partial charge in [-0.1, -0.05) is 49.1 Å². The van der Waals surface area contributed by atoms with Gasteiger partial charge in [-0.05, 0) is 51.0 Å². The van der Waals surface area contributed by atoms with Crippen molar-refractivity contribution in [3.63, 3.8) is 0 Å². The molecule has 0 aliphatic heterocycles. The Morgan fingerprint density at radius 1 is 1.12 bits per heavy atom. The van der Waals surface area contributed by atoms with Gasteiger partial charge in [0.25, 0.3) is 5.91 Å². The minimum atomic E-state index is -0.231. The second kappa shape index (κ2) is 9.75. The van der Waals surface area contributed by atoms with Crippen molar-refractivity contribution in [3.8, 4) is 22.7 Å². The molecule has 0 saturated heterocycles. The number of amides is 1. The molecule has 1 aromatic carbocycles. The Labute approximate surface area is 200 Å². The molecule has 6 nitrogen and oxygen atoms in total. The topological polar surface area (TPSA) is 73.2 Å². The first-order valence-corrected chi connectivity index (χ1v) is 12.2. The summed E-state index contributed by atoms with van der Waals surface area (Å²) in [5.74, 6) is 1.58. The molecule has 0 spiro atoms. The number of aromatic nitrogens is 2. The smallest absolute Gasteiger partial charge is 0.287 e. The van der Waals surface area contributed by atoms with E-state index >= 15 is 0 Å². The van der Waals surface area contributed by atoms with Gasteiger partial charge in [-0.3, -0.25) is 4.79 Å². The van der Waals surface area contributed by atoms with Crippen LogP contribution in [-0.2, 0) is 6.42 Å². The van der Waals surface area contributed by atoms with Crippen molar-refractivity contribution >= 4 is 5.91 Å². The van der Waals surface area contributed by atoms with Gasteiger partial charge >= 0.3 is 0 Å². The average molecular weight is 458 g/mol.